The number of benzene rings is 1. The summed E-state index contributed by atoms with van der Waals surface area (Å²) in [4.78, 5) is 30.9. The van der Waals surface area contributed by atoms with Crippen molar-refractivity contribution in [3.05, 3.63) is 62.5 Å². The van der Waals surface area contributed by atoms with Crippen molar-refractivity contribution in [1.82, 2.24) is 9.97 Å². The predicted molar refractivity (Wildman–Crippen MR) is 105 cm³/mol. The molecule has 9 heteroatoms. The molecule has 2 aromatic heterocycles. The van der Waals surface area contributed by atoms with Gasteiger partial charge in [0.1, 0.15) is 5.69 Å². The van der Waals surface area contributed by atoms with E-state index in [4.69, 9.17) is 24.2 Å². The Morgan fingerprint density at radius 2 is 2.07 bits per heavy atom. The van der Waals surface area contributed by atoms with Crippen LogP contribution in [0.1, 0.15) is 42.2 Å². The molecular formula is C20H17ClF3N3O2. The summed E-state index contributed by atoms with van der Waals surface area (Å²) in [5.41, 5.74) is -0.735. The molecule has 0 bridgehead atoms. The zero-order valence-corrected chi connectivity index (χ0v) is 15.8. The Morgan fingerprint density at radius 3 is 2.66 bits per heavy atom. The van der Waals surface area contributed by atoms with Gasteiger partial charge in [0, 0.05) is 27.0 Å². The number of alkyl halides is 3. The van der Waals surface area contributed by atoms with Crippen LogP contribution in [-0.2, 0) is 5.41 Å². The van der Waals surface area contributed by atoms with Gasteiger partial charge in [-0.15, -0.1) is 0 Å². The van der Waals surface area contributed by atoms with E-state index in [0.717, 1.165) is 6.07 Å². The minimum Gasteiger partial charge on any atom is -0.364 e. The van der Waals surface area contributed by atoms with E-state index in [9.17, 15) is 22.8 Å². The van der Waals surface area contributed by atoms with Gasteiger partial charge in [0.2, 0.25) is 0 Å². The van der Waals surface area contributed by atoms with E-state index in [0.29, 0.717) is 6.92 Å². The molecule has 0 spiro atoms. The molecule has 3 aromatic rings. The maximum Gasteiger partial charge on any atom is 0.397 e. The van der Waals surface area contributed by atoms with E-state index in [1.807, 2.05) is 0 Å². The lowest BCUT2D eigenvalue weighted by atomic mass is 9.82. The third-order valence-electron chi connectivity index (χ3n) is 4.45. The molecule has 0 aliphatic carbocycles. The molecule has 5 nitrogen and oxygen atoms in total. The van der Waals surface area contributed by atoms with Crippen LogP contribution in [0.4, 0.5) is 13.2 Å². The Bertz CT molecular complexity index is 1360. The van der Waals surface area contributed by atoms with Crippen molar-refractivity contribution >= 4 is 28.4 Å². The molecule has 0 fully saturated rings. The molecular weight excluding hydrogens is 407 g/mol. The van der Waals surface area contributed by atoms with Crippen LogP contribution in [0.5, 0.6) is 0 Å². The van der Waals surface area contributed by atoms with Crippen LogP contribution in [0.25, 0.3) is 22.2 Å². The van der Waals surface area contributed by atoms with Gasteiger partial charge in [-0.2, -0.15) is 13.2 Å². The molecule has 3 rings (SSSR count). The van der Waals surface area contributed by atoms with Crippen LogP contribution in [-0.4, -0.2) is 22.1 Å². The summed E-state index contributed by atoms with van der Waals surface area (Å²) >= 11 is 6.13. The van der Waals surface area contributed by atoms with Gasteiger partial charge in [0.15, 0.2) is 5.43 Å². The van der Waals surface area contributed by atoms with Crippen LogP contribution >= 0.6 is 11.6 Å². The fourth-order valence-electron chi connectivity index (χ4n) is 2.85. The van der Waals surface area contributed by atoms with Gasteiger partial charge >= 0.3 is 6.18 Å². The second kappa shape index (κ2) is 6.88. The highest BCUT2D eigenvalue weighted by molar-refractivity contribution is 6.31. The monoisotopic (exact) mass is 428 g/mol. The van der Waals surface area contributed by atoms with E-state index in [1.54, 1.807) is 0 Å². The van der Waals surface area contributed by atoms with Crippen molar-refractivity contribution in [3.63, 3.8) is 0 Å². The van der Waals surface area contributed by atoms with Crippen molar-refractivity contribution in [2.45, 2.75) is 32.3 Å². The number of aromatic nitrogens is 2. The van der Waals surface area contributed by atoms with Crippen LogP contribution < -0.4 is 11.2 Å². The first-order valence-corrected chi connectivity index (χ1v) is 8.51. The number of amides is 1. The van der Waals surface area contributed by atoms with E-state index in [2.05, 4.69) is 9.97 Å². The number of nitrogens with one attached hydrogen (secondary N) is 1. The van der Waals surface area contributed by atoms with Gasteiger partial charge in [-0.3, -0.25) is 14.6 Å². The van der Waals surface area contributed by atoms with Gasteiger partial charge in [-0.25, -0.2) is 0 Å². The van der Waals surface area contributed by atoms with Crippen LogP contribution in [0, 0.1) is 6.92 Å². The molecule has 1 unspecified atom stereocenters. The average Bonchev–Trinajstić information content (AvgIpc) is 2.70. The Hall–Kier alpha value is -2.87. The average molecular weight is 429 g/mol. The first kappa shape index (κ1) is 15.0. The van der Waals surface area contributed by atoms with Gasteiger partial charge < -0.3 is 10.7 Å². The Balaban J connectivity index is 2.42. The molecule has 152 valence electrons. The molecule has 3 N–H and O–H groups in total. The molecule has 0 saturated carbocycles. The van der Waals surface area contributed by atoms with E-state index in [1.165, 1.54) is 19.2 Å². The van der Waals surface area contributed by atoms with Crippen LogP contribution in [0.15, 0.2) is 35.2 Å². The molecule has 1 amide bonds. The number of nitrogens with two attached hydrogens (primary N) is 1. The maximum absolute atomic E-state index is 14.0. The van der Waals surface area contributed by atoms with Gasteiger partial charge in [-0.1, -0.05) is 17.6 Å². The number of aromatic amines is 1. The molecule has 0 radical (unpaired) electrons. The Labute approximate surface area is 175 Å². The first-order valence-electron chi connectivity index (χ1n) is 10.6. The minimum absolute atomic E-state index is 0.0776. The second-order valence-corrected chi connectivity index (χ2v) is 6.93. The van der Waals surface area contributed by atoms with E-state index >= 15 is 0 Å². The number of carbonyl (C=O) groups is 1. The molecule has 29 heavy (non-hydrogen) atoms. The fraction of sp³-hybridized carbons (Fsp3) is 0.250. The second-order valence-electron chi connectivity index (χ2n) is 6.56. The number of H-pyrrole nitrogens is 1. The summed E-state index contributed by atoms with van der Waals surface area (Å²) in [6, 6.07) is 0.780. The zero-order valence-electron chi connectivity index (χ0n) is 20.1. The summed E-state index contributed by atoms with van der Waals surface area (Å²) in [6.07, 6.45) is -4.12. The fourth-order valence-corrected chi connectivity index (χ4v) is 3.18. The van der Waals surface area contributed by atoms with Crippen molar-refractivity contribution in [2.75, 3.05) is 0 Å². The normalized spacial score (nSPS) is 17.0. The summed E-state index contributed by atoms with van der Waals surface area (Å²) in [5.74, 6) is -0.960. The number of nitrogens with zero attached hydrogens (tertiary/aromatic N) is 1. The molecule has 0 aliphatic heterocycles. The van der Waals surface area contributed by atoms with Crippen molar-refractivity contribution in [3.8, 4) is 11.3 Å². The van der Waals surface area contributed by atoms with Gasteiger partial charge in [-0.05, 0) is 43.9 Å². The lowest BCUT2D eigenvalue weighted by Crippen LogP contribution is -2.36. The lowest BCUT2D eigenvalue weighted by Gasteiger charge is -2.30. The topological polar surface area (TPSA) is 88.8 Å². The molecule has 0 aliphatic rings. The number of pyridine rings is 2. The van der Waals surface area contributed by atoms with Crippen molar-refractivity contribution in [2.24, 2.45) is 5.73 Å². The molecule has 2 heterocycles. The number of rotatable bonds is 3. The summed E-state index contributed by atoms with van der Waals surface area (Å²) < 4.78 is 81.4. The number of fused-ring (bicyclic) bond motifs is 1. The highest BCUT2D eigenvalue weighted by Gasteiger charge is 2.49. The molecule has 1 aromatic carbocycles. The predicted octanol–water partition coefficient (Wildman–Crippen LogP) is 4.49. The van der Waals surface area contributed by atoms with Crippen molar-refractivity contribution in [1.29, 1.82) is 0 Å². The summed E-state index contributed by atoms with van der Waals surface area (Å²) in [7, 11) is 0. The summed E-state index contributed by atoms with van der Waals surface area (Å²) in [5, 5.41) is -1.01. The lowest BCUT2D eigenvalue weighted by molar-refractivity contribution is -0.180. The minimum atomic E-state index is -5.33. The third-order valence-corrected chi connectivity index (χ3v) is 4.74. The number of hydrogen-bond acceptors (Lipinski definition) is 3. The number of carbonyl (C=O) groups excluding carboxylic acids is 1. The SMILES string of the molecule is [2H]c1c(Cl)c(C(C)(C([2H])([2H])[2H])C(F)(F)F)c([2H])c(C)c1-c1cc(=O)c2c(C(N)=O)nccc2[nH]1. The highest BCUT2D eigenvalue weighted by Crippen LogP contribution is 2.44. The number of halogens is 4. The maximum atomic E-state index is 14.0. The zero-order chi connectivity index (χ0) is 26.0. The van der Waals surface area contributed by atoms with E-state index < -0.39 is 52.5 Å². The smallest absolute Gasteiger partial charge is 0.364 e. The number of primary amides is 1. The quantitative estimate of drug-likeness (QED) is 0.644. The Morgan fingerprint density at radius 1 is 1.38 bits per heavy atom. The molecule has 1 atom stereocenters. The molecule has 0 saturated heterocycles. The summed E-state index contributed by atoms with van der Waals surface area (Å²) in [6.45, 7) is -2.01. The largest absolute Gasteiger partial charge is 0.397 e. The van der Waals surface area contributed by atoms with Crippen LogP contribution in [0.3, 0.4) is 0 Å². The van der Waals surface area contributed by atoms with Crippen LogP contribution in [0.2, 0.25) is 5.02 Å². The van der Waals surface area contributed by atoms with E-state index in [-0.39, 0.29) is 33.4 Å². The first-order chi connectivity index (χ1) is 15.4. The highest BCUT2D eigenvalue weighted by atomic mass is 35.5. The number of hydrogen-bond donors (Lipinski definition) is 2. The van der Waals surface area contributed by atoms with Gasteiger partial charge in [0.25, 0.3) is 5.91 Å². The van der Waals surface area contributed by atoms with Crippen molar-refractivity contribution < 1.29 is 24.8 Å². The Kier molecular flexibility index (Phi) is 3.56. The third kappa shape index (κ3) is 3.48. The standard InChI is InChI=1S/C20H17ClF3N3O2/c1-9-6-11(19(2,3)20(22,23)24)12(21)7-10(9)14-8-15(28)16-13(27-14)4-5-26-17(16)18(25)29/h4-8H,1-3H3,(H2,25,29)(H,27,28)/i2D3,6D,7D. The van der Waals surface area contributed by atoms with Gasteiger partial charge in [0.05, 0.1) is 24.8 Å².